The molecule has 0 atom stereocenters. The Kier molecular flexibility index (Phi) is 4.89. The highest BCUT2D eigenvalue weighted by molar-refractivity contribution is 9.10. The van der Waals surface area contributed by atoms with Gasteiger partial charge in [-0.25, -0.2) is 0 Å². The summed E-state index contributed by atoms with van der Waals surface area (Å²) in [6.07, 6.45) is 1.69. The van der Waals surface area contributed by atoms with E-state index in [1.54, 1.807) is 12.1 Å². The first-order valence-electron chi connectivity index (χ1n) is 5.83. The Morgan fingerprint density at radius 1 is 1.19 bits per heavy atom. The van der Waals surface area contributed by atoms with Gasteiger partial charge in [0.2, 0.25) is 0 Å². The second-order valence-corrected chi connectivity index (χ2v) is 5.91. The molecule has 0 heterocycles. The van der Waals surface area contributed by atoms with E-state index in [-0.39, 0.29) is 5.69 Å². The summed E-state index contributed by atoms with van der Waals surface area (Å²) in [7, 11) is 0. The number of nitro groups is 1. The first kappa shape index (κ1) is 15.4. The average molecular weight is 408 g/mol. The van der Waals surface area contributed by atoms with E-state index >= 15 is 0 Å². The Bertz CT molecular complexity index is 762. The molecular weight excluding hydrogens is 400 g/mol. The second kappa shape index (κ2) is 6.66. The molecule has 0 amide bonds. The summed E-state index contributed by atoms with van der Waals surface area (Å²) in [6, 6.07) is 13.9. The van der Waals surface area contributed by atoms with Crippen molar-refractivity contribution in [2.75, 3.05) is 0 Å². The second-order valence-electron chi connectivity index (χ2n) is 4.14. The number of hydrogen-bond donors (Lipinski definition) is 0. The molecule has 0 N–H and O–H groups in total. The van der Waals surface area contributed by atoms with Gasteiger partial charge in [0.25, 0.3) is 5.69 Å². The van der Waals surface area contributed by atoms with Crippen molar-refractivity contribution < 1.29 is 4.92 Å². The molecule has 6 heteroatoms. The van der Waals surface area contributed by atoms with Crippen LogP contribution in [0.2, 0.25) is 0 Å². The van der Waals surface area contributed by atoms with E-state index in [4.69, 9.17) is 0 Å². The van der Waals surface area contributed by atoms with Gasteiger partial charge in [-0.2, -0.15) is 5.26 Å². The Morgan fingerprint density at radius 2 is 1.86 bits per heavy atom. The van der Waals surface area contributed by atoms with Crippen LogP contribution in [0, 0.1) is 21.4 Å². The minimum atomic E-state index is -0.460. The number of nitriles is 1. The Labute approximate surface area is 138 Å². The van der Waals surface area contributed by atoms with Gasteiger partial charge in [0.15, 0.2) is 0 Å². The van der Waals surface area contributed by atoms with Crippen molar-refractivity contribution >= 4 is 49.2 Å². The van der Waals surface area contributed by atoms with Crippen molar-refractivity contribution in [3.63, 3.8) is 0 Å². The lowest BCUT2D eigenvalue weighted by Crippen LogP contribution is -1.89. The van der Waals surface area contributed by atoms with Crippen molar-refractivity contribution in [3.05, 3.63) is 72.7 Å². The molecule has 0 unspecified atom stereocenters. The lowest BCUT2D eigenvalue weighted by Gasteiger charge is -2.02. The van der Waals surface area contributed by atoms with Crippen molar-refractivity contribution in [2.45, 2.75) is 0 Å². The smallest absolute Gasteiger partial charge is 0.258 e. The van der Waals surface area contributed by atoms with E-state index in [1.807, 2.05) is 24.3 Å². The van der Waals surface area contributed by atoms with Crippen molar-refractivity contribution in [1.82, 2.24) is 0 Å². The Hall–Kier alpha value is -1.97. The predicted molar refractivity (Wildman–Crippen MR) is 88.4 cm³/mol. The number of hydrogen-bond acceptors (Lipinski definition) is 3. The number of allylic oxidation sites excluding steroid dienone is 1. The van der Waals surface area contributed by atoms with E-state index in [0.717, 1.165) is 10.0 Å². The summed E-state index contributed by atoms with van der Waals surface area (Å²) >= 11 is 6.63. The maximum absolute atomic E-state index is 10.7. The minimum absolute atomic E-state index is 0.00109. The largest absolute Gasteiger partial charge is 0.270 e. The number of halogens is 2. The van der Waals surface area contributed by atoms with E-state index in [1.165, 1.54) is 12.1 Å². The molecule has 0 saturated carbocycles. The molecular formula is C15H8Br2N2O2. The molecule has 104 valence electrons. The standard InChI is InChI=1S/C15H8Br2N2O2/c16-13-4-1-10(2-5-13)12(9-18)7-11-3-6-14(19(20)21)8-15(11)17/h1-8H/b12-7-. The zero-order chi connectivity index (χ0) is 15.4. The van der Waals surface area contributed by atoms with Crippen LogP contribution < -0.4 is 0 Å². The first-order valence-corrected chi connectivity index (χ1v) is 7.41. The summed E-state index contributed by atoms with van der Waals surface area (Å²) < 4.78 is 1.50. The number of non-ortho nitro benzene ring substituents is 1. The quantitative estimate of drug-likeness (QED) is 0.304. The van der Waals surface area contributed by atoms with Gasteiger partial charge in [0, 0.05) is 21.1 Å². The number of rotatable bonds is 3. The van der Waals surface area contributed by atoms with Crippen molar-refractivity contribution in [1.29, 1.82) is 5.26 Å². The van der Waals surface area contributed by atoms with E-state index < -0.39 is 4.92 Å². The van der Waals surface area contributed by atoms with Crippen LogP contribution in [0.3, 0.4) is 0 Å². The molecule has 0 fully saturated rings. The summed E-state index contributed by atoms with van der Waals surface area (Å²) in [5.74, 6) is 0. The Balaban J connectivity index is 2.43. The fourth-order valence-electron chi connectivity index (χ4n) is 1.71. The first-order chi connectivity index (χ1) is 10.0. The van der Waals surface area contributed by atoms with Crippen LogP contribution >= 0.6 is 31.9 Å². The maximum Gasteiger partial charge on any atom is 0.270 e. The van der Waals surface area contributed by atoms with Gasteiger partial charge in [-0.1, -0.05) is 28.1 Å². The lowest BCUT2D eigenvalue weighted by atomic mass is 10.0. The van der Waals surface area contributed by atoms with Crippen LogP contribution in [0.15, 0.2) is 51.4 Å². The minimum Gasteiger partial charge on any atom is -0.258 e. The molecule has 21 heavy (non-hydrogen) atoms. The third-order valence-corrected chi connectivity index (χ3v) is 3.99. The third-order valence-electron chi connectivity index (χ3n) is 2.77. The van der Waals surface area contributed by atoms with Crippen LogP contribution in [-0.2, 0) is 0 Å². The van der Waals surface area contributed by atoms with Gasteiger partial charge < -0.3 is 0 Å². The van der Waals surface area contributed by atoms with E-state index in [9.17, 15) is 15.4 Å². The molecule has 0 spiro atoms. The SMILES string of the molecule is N#C/C(=C/c1ccc([N+](=O)[O-])cc1Br)c1ccc(Br)cc1. The van der Waals surface area contributed by atoms with Gasteiger partial charge in [0.1, 0.15) is 0 Å². The molecule has 0 radical (unpaired) electrons. The fourth-order valence-corrected chi connectivity index (χ4v) is 2.46. The summed E-state index contributed by atoms with van der Waals surface area (Å²) in [4.78, 5) is 10.2. The highest BCUT2D eigenvalue weighted by Gasteiger charge is 2.09. The molecule has 2 aromatic rings. The predicted octanol–water partition coefficient (Wildman–Crippen LogP) is 5.18. The highest BCUT2D eigenvalue weighted by atomic mass is 79.9. The van der Waals surface area contributed by atoms with Gasteiger partial charge in [-0.05, 0) is 51.3 Å². The number of nitro benzene ring substituents is 1. The van der Waals surface area contributed by atoms with Gasteiger partial charge >= 0.3 is 0 Å². The maximum atomic E-state index is 10.7. The zero-order valence-corrected chi connectivity index (χ0v) is 13.8. The van der Waals surface area contributed by atoms with Crippen molar-refractivity contribution in [2.24, 2.45) is 0 Å². The third kappa shape index (κ3) is 3.78. The van der Waals surface area contributed by atoms with Crippen LogP contribution in [0.1, 0.15) is 11.1 Å². The number of benzene rings is 2. The van der Waals surface area contributed by atoms with Gasteiger partial charge in [-0.15, -0.1) is 0 Å². The molecule has 2 rings (SSSR count). The van der Waals surface area contributed by atoms with Crippen molar-refractivity contribution in [3.8, 4) is 6.07 Å². The molecule has 0 bridgehead atoms. The molecule has 0 aliphatic heterocycles. The fraction of sp³-hybridized carbons (Fsp3) is 0. The normalized spacial score (nSPS) is 11.0. The summed E-state index contributed by atoms with van der Waals surface area (Å²) in [6.45, 7) is 0. The van der Waals surface area contributed by atoms with Crippen LogP contribution in [0.5, 0.6) is 0 Å². The molecule has 0 aliphatic carbocycles. The molecule has 0 saturated heterocycles. The average Bonchev–Trinajstić information content (AvgIpc) is 2.47. The van der Waals surface area contributed by atoms with Gasteiger partial charge in [0.05, 0.1) is 16.6 Å². The molecule has 0 aliphatic rings. The Morgan fingerprint density at radius 3 is 2.38 bits per heavy atom. The van der Waals surface area contributed by atoms with Crippen LogP contribution in [-0.4, -0.2) is 4.92 Å². The summed E-state index contributed by atoms with van der Waals surface area (Å²) in [5, 5.41) is 20.0. The lowest BCUT2D eigenvalue weighted by molar-refractivity contribution is -0.384. The van der Waals surface area contributed by atoms with Crippen LogP contribution in [0.25, 0.3) is 11.6 Å². The highest BCUT2D eigenvalue weighted by Crippen LogP contribution is 2.27. The molecule has 0 aromatic heterocycles. The van der Waals surface area contributed by atoms with Gasteiger partial charge in [-0.3, -0.25) is 10.1 Å². The number of nitrogens with zero attached hydrogens (tertiary/aromatic N) is 2. The topological polar surface area (TPSA) is 66.9 Å². The van der Waals surface area contributed by atoms with E-state index in [0.29, 0.717) is 15.6 Å². The molecule has 4 nitrogen and oxygen atoms in total. The molecule has 2 aromatic carbocycles. The van der Waals surface area contributed by atoms with E-state index in [2.05, 4.69) is 37.9 Å². The summed E-state index contributed by atoms with van der Waals surface area (Å²) in [5.41, 5.74) is 1.98. The zero-order valence-electron chi connectivity index (χ0n) is 10.6. The monoisotopic (exact) mass is 406 g/mol. The van der Waals surface area contributed by atoms with Crippen LogP contribution in [0.4, 0.5) is 5.69 Å².